The van der Waals surface area contributed by atoms with Gasteiger partial charge in [-0.15, -0.1) is 0 Å². The van der Waals surface area contributed by atoms with Crippen molar-refractivity contribution in [2.45, 2.75) is 85.5 Å². The molecule has 0 spiro atoms. The van der Waals surface area contributed by atoms with Crippen LogP contribution in [0.1, 0.15) is 85.5 Å². The van der Waals surface area contributed by atoms with Gasteiger partial charge in [-0.05, 0) is 74.0 Å². The number of carbonyl (C=O) groups excluding carboxylic acids is 1. The van der Waals surface area contributed by atoms with E-state index in [-0.39, 0.29) is 5.41 Å². The third kappa shape index (κ3) is 4.66. The summed E-state index contributed by atoms with van der Waals surface area (Å²) in [5, 5.41) is 0. The number of fused-ring (bicyclic) bond motifs is 3. The van der Waals surface area contributed by atoms with Crippen molar-refractivity contribution in [1.29, 1.82) is 0 Å². The Kier molecular flexibility index (Phi) is 8.14. The van der Waals surface area contributed by atoms with E-state index in [0.29, 0.717) is 23.5 Å². The SMILES string of the molecule is C=C/C=C1/CCC2C(=C1CCC)C(C(/C=C\C)=C/C=C/CCC)CC1(C)C(=O)CCC21. The number of allylic oxidation sites excluding steroid dienone is 11. The molecule has 31 heavy (non-hydrogen) atoms. The highest BCUT2D eigenvalue weighted by molar-refractivity contribution is 5.87. The average molecular weight is 419 g/mol. The Balaban J connectivity index is 2.18. The van der Waals surface area contributed by atoms with Gasteiger partial charge in [0.1, 0.15) is 5.78 Å². The molecule has 0 aromatic heterocycles. The zero-order chi connectivity index (χ0) is 22.4. The molecule has 2 fully saturated rings. The second-order valence-corrected chi connectivity index (χ2v) is 9.88. The van der Waals surface area contributed by atoms with Gasteiger partial charge in [-0.25, -0.2) is 0 Å². The van der Waals surface area contributed by atoms with Crippen LogP contribution in [0.15, 0.2) is 71.4 Å². The van der Waals surface area contributed by atoms with Crippen LogP contribution in [-0.2, 0) is 4.79 Å². The lowest BCUT2D eigenvalue weighted by Gasteiger charge is -2.50. The van der Waals surface area contributed by atoms with Gasteiger partial charge < -0.3 is 0 Å². The molecule has 0 amide bonds. The van der Waals surface area contributed by atoms with Crippen LogP contribution in [-0.4, -0.2) is 5.78 Å². The summed E-state index contributed by atoms with van der Waals surface area (Å²) >= 11 is 0. The molecule has 2 saturated carbocycles. The normalized spacial score (nSPS) is 32.9. The molecule has 3 aliphatic carbocycles. The summed E-state index contributed by atoms with van der Waals surface area (Å²) in [5.74, 6) is 1.91. The zero-order valence-corrected chi connectivity index (χ0v) is 20.3. The number of unbranched alkanes of at least 4 members (excludes halogenated alkanes) is 1. The Hall–Kier alpha value is -1.89. The minimum atomic E-state index is -0.163. The van der Waals surface area contributed by atoms with Crippen molar-refractivity contribution in [2.75, 3.05) is 0 Å². The van der Waals surface area contributed by atoms with Gasteiger partial charge in [0.05, 0.1) is 0 Å². The third-order valence-corrected chi connectivity index (χ3v) is 7.95. The Morgan fingerprint density at radius 2 is 2.00 bits per heavy atom. The maximum absolute atomic E-state index is 13.1. The maximum atomic E-state index is 13.1. The van der Waals surface area contributed by atoms with E-state index in [4.69, 9.17) is 0 Å². The van der Waals surface area contributed by atoms with Crippen molar-refractivity contribution < 1.29 is 4.79 Å². The molecule has 3 rings (SSSR count). The lowest BCUT2D eigenvalue weighted by atomic mass is 9.53. The van der Waals surface area contributed by atoms with Gasteiger partial charge in [0, 0.05) is 17.8 Å². The van der Waals surface area contributed by atoms with Crippen LogP contribution in [0.3, 0.4) is 0 Å². The predicted molar refractivity (Wildman–Crippen MR) is 134 cm³/mol. The van der Waals surface area contributed by atoms with Gasteiger partial charge in [-0.1, -0.05) is 88.3 Å². The van der Waals surface area contributed by atoms with Crippen LogP contribution >= 0.6 is 0 Å². The first kappa shape index (κ1) is 23.8. The van der Waals surface area contributed by atoms with Gasteiger partial charge in [0.2, 0.25) is 0 Å². The van der Waals surface area contributed by atoms with E-state index < -0.39 is 0 Å². The van der Waals surface area contributed by atoms with Crippen molar-refractivity contribution in [3.63, 3.8) is 0 Å². The Morgan fingerprint density at radius 3 is 2.68 bits per heavy atom. The summed E-state index contributed by atoms with van der Waals surface area (Å²) < 4.78 is 0. The monoisotopic (exact) mass is 418 g/mol. The standard InChI is InChI=1S/C30H42O/c1-6-10-11-12-16-22(13-7-2)26-21-30(5)27(19-20-28(30)31)25-18-17-23(14-8-3)24(15-9-4)29(25)26/h7-8,11-14,16,25-27H,3,6,9-10,15,17-21H2,1-2,4-5H3/b12-11+,13-7-,22-16+,23-14-. The second-order valence-electron chi connectivity index (χ2n) is 9.88. The lowest BCUT2D eigenvalue weighted by molar-refractivity contribution is -0.128. The predicted octanol–water partition coefficient (Wildman–Crippen LogP) is 8.47. The molecule has 0 aromatic rings. The molecule has 168 valence electrons. The second kappa shape index (κ2) is 10.6. The molecule has 0 saturated heterocycles. The number of hydrogen-bond acceptors (Lipinski definition) is 1. The van der Waals surface area contributed by atoms with E-state index in [1.54, 1.807) is 11.1 Å². The van der Waals surface area contributed by atoms with Gasteiger partial charge >= 0.3 is 0 Å². The molecular formula is C30H42O. The van der Waals surface area contributed by atoms with Crippen molar-refractivity contribution >= 4 is 5.78 Å². The molecule has 0 heterocycles. The first-order valence-corrected chi connectivity index (χ1v) is 12.6. The van der Waals surface area contributed by atoms with Gasteiger partial charge in [0.15, 0.2) is 0 Å². The fraction of sp³-hybridized carbons (Fsp3) is 0.567. The third-order valence-electron chi connectivity index (χ3n) is 7.95. The zero-order valence-electron chi connectivity index (χ0n) is 20.3. The fourth-order valence-electron chi connectivity index (χ4n) is 6.56. The number of hydrogen-bond donors (Lipinski definition) is 0. The molecule has 3 aliphatic rings. The Bertz CT molecular complexity index is 830. The highest BCUT2D eigenvalue weighted by atomic mass is 16.1. The first-order chi connectivity index (χ1) is 15.0. The van der Waals surface area contributed by atoms with E-state index in [1.807, 2.05) is 6.08 Å². The number of rotatable bonds is 8. The Labute approximate surface area is 190 Å². The van der Waals surface area contributed by atoms with Crippen LogP contribution in [0.5, 0.6) is 0 Å². The van der Waals surface area contributed by atoms with E-state index in [0.717, 1.165) is 44.9 Å². The van der Waals surface area contributed by atoms with E-state index in [2.05, 4.69) is 70.7 Å². The van der Waals surface area contributed by atoms with Crippen LogP contribution < -0.4 is 0 Å². The van der Waals surface area contributed by atoms with Crippen LogP contribution in [0.4, 0.5) is 0 Å². The van der Waals surface area contributed by atoms with Gasteiger partial charge in [-0.3, -0.25) is 4.79 Å². The quantitative estimate of drug-likeness (QED) is 0.361. The smallest absolute Gasteiger partial charge is 0.139 e. The topological polar surface area (TPSA) is 17.1 Å². The summed E-state index contributed by atoms with van der Waals surface area (Å²) in [6.07, 6.45) is 25.2. The maximum Gasteiger partial charge on any atom is 0.139 e. The summed E-state index contributed by atoms with van der Waals surface area (Å²) in [6, 6.07) is 0. The molecule has 4 atom stereocenters. The van der Waals surface area contributed by atoms with E-state index in [1.165, 1.54) is 24.0 Å². The number of Topliss-reactive ketones (excluding diaryl/α,β-unsaturated/α-hetero) is 1. The summed E-state index contributed by atoms with van der Waals surface area (Å²) in [7, 11) is 0. The van der Waals surface area contributed by atoms with Crippen LogP contribution in [0.25, 0.3) is 0 Å². The molecular weight excluding hydrogens is 376 g/mol. The van der Waals surface area contributed by atoms with Gasteiger partial charge in [0.25, 0.3) is 0 Å². The van der Waals surface area contributed by atoms with Crippen molar-refractivity contribution in [3.05, 3.63) is 71.4 Å². The largest absolute Gasteiger partial charge is 0.299 e. The van der Waals surface area contributed by atoms with Crippen molar-refractivity contribution in [3.8, 4) is 0 Å². The van der Waals surface area contributed by atoms with Crippen LogP contribution in [0, 0.1) is 23.2 Å². The summed E-state index contributed by atoms with van der Waals surface area (Å²) in [6.45, 7) is 12.9. The molecule has 0 N–H and O–H groups in total. The molecule has 1 heteroatoms. The van der Waals surface area contributed by atoms with Gasteiger partial charge in [-0.2, -0.15) is 0 Å². The molecule has 1 nitrogen and oxygen atoms in total. The molecule has 0 radical (unpaired) electrons. The minimum absolute atomic E-state index is 0.163. The highest BCUT2D eigenvalue weighted by Crippen LogP contribution is 2.61. The molecule has 0 aliphatic heterocycles. The average Bonchev–Trinajstić information content (AvgIpc) is 3.06. The molecule has 4 unspecified atom stereocenters. The number of carbonyl (C=O) groups is 1. The Morgan fingerprint density at radius 1 is 1.19 bits per heavy atom. The highest BCUT2D eigenvalue weighted by Gasteiger charge is 2.56. The van der Waals surface area contributed by atoms with Crippen LogP contribution in [0.2, 0.25) is 0 Å². The molecule has 0 bridgehead atoms. The lowest BCUT2D eigenvalue weighted by Crippen LogP contribution is -2.44. The van der Waals surface area contributed by atoms with E-state index >= 15 is 0 Å². The first-order valence-electron chi connectivity index (χ1n) is 12.6. The summed E-state index contributed by atoms with van der Waals surface area (Å²) in [4.78, 5) is 13.1. The van der Waals surface area contributed by atoms with Crippen molar-refractivity contribution in [1.82, 2.24) is 0 Å². The van der Waals surface area contributed by atoms with E-state index in [9.17, 15) is 4.79 Å². The molecule has 0 aromatic carbocycles. The number of ketones is 1. The van der Waals surface area contributed by atoms with Crippen molar-refractivity contribution in [2.24, 2.45) is 23.2 Å². The minimum Gasteiger partial charge on any atom is -0.299 e. The summed E-state index contributed by atoms with van der Waals surface area (Å²) in [5.41, 5.74) is 5.94. The fourth-order valence-corrected chi connectivity index (χ4v) is 6.56.